The second kappa shape index (κ2) is 3.65. The smallest absolute Gasteiger partial charge is 0.184 e. The SMILES string of the molecule is OC[C@H]1OC(O)C(O)[C@H](O)C1O. The van der Waals surface area contributed by atoms with Crippen LogP contribution in [0.4, 0.5) is 0 Å². The molecule has 1 heterocycles. The van der Waals surface area contributed by atoms with E-state index in [0.29, 0.717) is 0 Å². The lowest BCUT2D eigenvalue weighted by atomic mass is 10.00. The first-order valence-electron chi connectivity index (χ1n) is 3.56. The maximum absolute atomic E-state index is 9.12. The molecule has 0 spiro atoms. The van der Waals surface area contributed by atoms with Gasteiger partial charge in [0, 0.05) is 0 Å². The summed E-state index contributed by atoms with van der Waals surface area (Å²) in [6.07, 6.45) is -7.04. The Bertz CT molecular complexity index is 146. The van der Waals surface area contributed by atoms with E-state index in [1.165, 1.54) is 0 Å². The summed E-state index contributed by atoms with van der Waals surface area (Å²) in [6, 6.07) is 0. The highest BCUT2D eigenvalue weighted by atomic mass is 16.6. The number of aliphatic hydroxyl groups is 5. The minimum absolute atomic E-state index is 0.526. The van der Waals surface area contributed by atoms with E-state index in [4.69, 9.17) is 25.5 Å². The third-order valence-corrected chi connectivity index (χ3v) is 1.87. The van der Waals surface area contributed by atoms with Crippen molar-refractivity contribution in [1.82, 2.24) is 0 Å². The van der Waals surface area contributed by atoms with Gasteiger partial charge in [0.15, 0.2) is 6.29 Å². The molecule has 5 atom stereocenters. The fraction of sp³-hybridized carbons (Fsp3) is 1.00. The molecule has 3 unspecified atom stereocenters. The average Bonchev–Trinajstić information content (AvgIpc) is 2.08. The molecule has 1 fully saturated rings. The van der Waals surface area contributed by atoms with Gasteiger partial charge in [-0.15, -0.1) is 0 Å². The van der Waals surface area contributed by atoms with E-state index in [0.717, 1.165) is 0 Å². The van der Waals surface area contributed by atoms with Crippen molar-refractivity contribution in [3.8, 4) is 0 Å². The van der Waals surface area contributed by atoms with Crippen LogP contribution in [0.15, 0.2) is 0 Å². The highest BCUT2D eigenvalue weighted by Crippen LogP contribution is 2.18. The summed E-state index contributed by atoms with van der Waals surface area (Å²) in [6.45, 7) is -0.526. The van der Waals surface area contributed by atoms with Crippen LogP contribution in [0.5, 0.6) is 0 Å². The molecule has 0 aromatic carbocycles. The first-order chi connectivity index (χ1) is 5.57. The van der Waals surface area contributed by atoms with Gasteiger partial charge in [0.1, 0.15) is 24.4 Å². The Morgan fingerprint density at radius 2 is 1.50 bits per heavy atom. The van der Waals surface area contributed by atoms with Crippen molar-refractivity contribution in [3.63, 3.8) is 0 Å². The molecule has 72 valence electrons. The van der Waals surface area contributed by atoms with Crippen LogP contribution in [-0.2, 0) is 4.74 Å². The lowest BCUT2D eigenvalue weighted by molar-refractivity contribution is -0.286. The van der Waals surface area contributed by atoms with E-state index in [1.54, 1.807) is 0 Å². The van der Waals surface area contributed by atoms with Gasteiger partial charge in [-0.3, -0.25) is 0 Å². The van der Waals surface area contributed by atoms with Gasteiger partial charge >= 0.3 is 0 Å². The molecule has 0 bridgehead atoms. The summed E-state index contributed by atoms with van der Waals surface area (Å²) in [5, 5.41) is 44.7. The topological polar surface area (TPSA) is 110 Å². The fourth-order valence-corrected chi connectivity index (χ4v) is 1.08. The largest absolute Gasteiger partial charge is 0.394 e. The Morgan fingerprint density at radius 3 is 2.00 bits per heavy atom. The number of hydrogen-bond donors (Lipinski definition) is 5. The van der Waals surface area contributed by atoms with E-state index < -0.39 is 37.3 Å². The van der Waals surface area contributed by atoms with Crippen LogP contribution in [-0.4, -0.2) is 62.8 Å². The van der Waals surface area contributed by atoms with E-state index in [2.05, 4.69) is 4.74 Å². The maximum atomic E-state index is 9.12. The van der Waals surface area contributed by atoms with Crippen molar-refractivity contribution in [2.75, 3.05) is 6.61 Å². The molecular formula is C6H12O6. The molecular weight excluding hydrogens is 168 g/mol. The first kappa shape index (κ1) is 9.85. The standard InChI is InChI=1S/C6H12O6/c7-1-2-3(8)4(9)5(10)6(11)12-2/h2-11H,1H2/t2-,3?,4-,5?,6?/m1/s1. The van der Waals surface area contributed by atoms with Gasteiger partial charge in [0.05, 0.1) is 6.61 Å². The quantitative estimate of drug-likeness (QED) is 0.290. The molecule has 0 saturated carbocycles. The molecule has 0 aromatic heterocycles. The van der Waals surface area contributed by atoms with E-state index >= 15 is 0 Å². The maximum Gasteiger partial charge on any atom is 0.184 e. The summed E-state index contributed by atoms with van der Waals surface area (Å²) in [5.41, 5.74) is 0. The molecule has 12 heavy (non-hydrogen) atoms. The zero-order valence-electron chi connectivity index (χ0n) is 6.24. The Kier molecular flexibility index (Phi) is 2.99. The molecule has 1 aliphatic heterocycles. The zero-order chi connectivity index (χ0) is 9.30. The zero-order valence-corrected chi connectivity index (χ0v) is 6.24. The Morgan fingerprint density at radius 1 is 0.917 bits per heavy atom. The lowest BCUT2D eigenvalue weighted by Crippen LogP contribution is -2.58. The molecule has 1 rings (SSSR count). The molecule has 0 radical (unpaired) electrons. The van der Waals surface area contributed by atoms with Gasteiger partial charge in [0.2, 0.25) is 0 Å². The van der Waals surface area contributed by atoms with Crippen molar-refractivity contribution in [2.24, 2.45) is 0 Å². The van der Waals surface area contributed by atoms with Crippen molar-refractivity contribution in [2.45, 2.75) is 30.7 Å². The van der Waals surface area contributed by atoms with Crippen LogP contribution in [0.3, 0.4) is 0 Å². The fourth-order valence-electron chi connectivity index (χ4n) is 1.08. The second-order valence-corrected chi connectivity index (χ2v) is 2.72. The summed E-state index contributed by atoms with van der Waals surface area (Å²) >= 11 is 0. The summed E-state index contributed by atoms with van der Waals surface area (Å²) in [7, 11) is 0. The van der Waals surface area contributed by atoms with Crippen LogP contribution in [0, 0.1) is 0 Å². The Labute approximate surface area is 68.6 Å². The van der Waals surface area contributed by atoms with Crippen molar-refractivity contribution in [1.29, 1.82) is 0 Å². The second-order valence-electron chi connectivity index (χ2n) is 2.72. The van der Waals surface area contributed by atoms with Gasteiger partial charge in [-0.25, -0.2) is 0 Å². The van der Waals surface area contributed by atoms with Crippen LogP contribution < -0.4 is 0 Å². The predicted octanol–water partition coefficient (Wildman–Crippen LogP) is -3.22. The first-order valence-corrected chi connectivity index (χ1v) is 3.56. The third-order valence-electron chi connectivity index (χ3n) is 1.87. The number of hydrogen-bond acceptors (Lipinski definition) is 6. The van der Waals surface area contributed by atoms with Gasteiger partial charge in [0.25, 0.3) is 0 Å². The number of rotatable bonds is 1. The van der Waals surface area contributed by atoms with Gasteiger partial charge in [-0.05, 0) is 0 Å². The Balaban J connectivity index is 2.63. The van der Waals surface area contributed by atoms with Crippen LogP contribution >= 0.6 is 0 Å². The average molecular weight is 180 g/mol. The predicted molar refractivity (Wildman–Crippen MR) is 36.0 cm³/mol. The van der Waals surface area contributed by atoms with Gasteiger partial charge < -0.3 is 30.3 Å². The van der Waals surface area contributed by atoms with E-state index in [-0.39, 0.29) is 0 Å². The highest BCUT2D eigenvalue weighted by molar-refractivity contribution is 4.87. The number of ether oxygens (including phenoxy) is 1. The molecule has 0 aromatic rings. The molecule has 1 saturated heterocycles. The van der Waals surface area contributed by atoms with Crippen molar-refractivity contribution < 1.29 is 30.3 Å². The summed E-state index contributed by atoms with van der Waals surface area (Å²) < 4.78 is 4.58. The van der Waals surface area contributed by atoms with Crippen LogP contribution in [0.25, 0.3) is 0 Å². The van der Waals surface area contributed by atoms with Crippen LogP contribution in [0.1, 0.15) is 0 Å². The monoisotopic (exact) mass is 180 g/mol. The molecule has 0 amide bonds. The Hall–Kier alpha value is -0.240. The van der Waals surface area contributed by atoms with E-state index in [1.807, 2.05) is 0 Å². The third kappa shape index (κ3) is 1.58. The van der Waals surface area contributed by atoms with Crippen LogP contribution in [0.2, 0.25) is 0 Å². The molecule has 0 aliphatic carbocycles. The van der Waals surface area contributed by atoms with Gasteiger partial charge in [-0.1, -0.05) is 0 Å². The minimum atomic E-state index is -1.57. The van der Waals surface area contributed by atoms with Gasteiger partial charge in [-0.2, -0.15) is 0 Å². The normalized spacial score (nSPS) is 49.2. The number of aliphatic hydroxyl groups excluding tert-OH is 5. The molecule has 5 N–H and O–H groups in total. The van der Waals surface area contributed by atoms with Crippen molar-refractivity contribution in [3.05, 3.63) is 0 Å². The molecule has 6 heteroatoms. The highest BCUT2D eigenvalue weighted by Gasteiger charge is 2.42. The summed E-state index contributed by atoms with van der Waals surface area (Å²) in [4.78, 5) is 0. The minimum Gasteiger partial charge on any atom is -0.394 e. The van der Waals surface area contributed by atoms with E-state index in [9.17, 15) is 0 Å². The lowest BCUT2D eigenvalue weighted by Gasteiger charge is -2.37. The molecule has 1 aliphatic rings. The molecule has 6 nitrogen and oxygen atoms in total. The summed E-state index contributed by atoms with van der Waals surface area (Å²) in [5.74, 6) is 0. The van der Waals surface area contributed by atoms with Crippen molar-refractivity contribution >= 4 is 0 Å².